The van der Waals surface area contributed by atoms with Gasteiger partial charge in [-0.05, 0) is 58.7 Å². The zero-order chi connectivity index (χ0) is 30.0. The molecule has 214 valence electrons. The second kappa shape index (κ2) is 8.75. The van der Waals surface area contributed by atoms with Crippen LogP contribution in [0.4, 0.5) is 0 Å². The average molecular weight is 604 g/mol. The summed E-state index contributed by atoms with van der Waals surface area (Å²) in [4.78, 5) is 0. The van der Waals surface area contributed by atoms with Gasteiger partial charge in [0.05, 0.1) is 22.1 Å². The molecule has 46 heavy (non-hydrogen) atoms. The molecular formula is C43H25NOS. The van der Waals surface area contributed by atoms with Crippen molar-refractivity contribution in [2.45, 2.75) is 5.41 Å². The quantitative estimate of drug-likeness (QED) is 0.182. The molecule has 0 radical (unpaired) electrons. The van der Waals surface area contributed by atoms with Crippen molar-refractivity contribution in [2.24, 2.45) is 0 Å². The van der Waals surface area contributed by atoms with Crippen molar-refractivity contribution < 1.29 is 4.74 Å². The van der Waals surface area contributed by atoms with Crippen LogP contribution in [0.1, 0.15) is 22.3 Å². The lowest BCUT2D eigenvalue weighted by Crippen LogP contribution is -2.37. The standard InChI is InChI=1S/C43H25NOS/c1-5-19-36-28(11-1)30-14-10-18-34-41(30)44(36)37-20-6-3-16-32(37)43(34)33-17-4-7-21-38(33)45-39-24-23-26(25-35(39)43)27-13-9-15-31-29-12-2-8-22-40(29)46-42(27)31/h1-25H. The molecule has 1 spiro atoms. The normalized spacial score (nSPS) is 16.1. The summed E-state index contributed by atoms with van der Waals surface area (Å²) in [6, 6.07) is 55.6. The van der Waals surface area contributed by atoms with E-state index in [4.69, 9.17) is 4.74 Å². The highest BCUT2D eigenvalue weighted by atomic mass is 32.1. The molecule has 0 saturated carbocycles. The van der Waals surface area contributed by atoms with Crippen molar-refractivity contribution in [1.29, 1.82) is 0 Å². The number of fused-ring (bicyclic) bond motifs is 14. The fraction of sp³-hybridized carbons (Fsp3) is 0.0233. The molecule has 0 fully saturated rings. The summed E-state index contributed by atoms with van der Waals surface area (Å²) in [7, 11) is 0. The Balaban J connectivity index is 1.30. The zero-order valence-electron chi connectivity index (χ0n) is 24.7. The molecular weight excluding hydrogens is 579 g/mol. The van der Waals surface area contributed by atoms with E-state index in [2.05, 4.69) is 156 Å². The first kappa shape index (κ1) is 24.7. The second-order valence-corrected chi connectivity index (χ2v) is 13.5. The van der Waals surface area contributed by atoms with E-state index in [-0.39, 0.29) is 0 Å². The van der Waals surface area contributed by atoms with Gasteiger partial charge in [0.25, 0.3) is 0 Å². The van der Waals surface area contributed by atoms with Gasteiger partial charge in [-0.2, -0.15) is 0 Å². The van der Waals surface area contributed by atoms with E-state index in [1.54, 1.807) is 0 Å². The number of benzene rings is 7. The maximum Gasteiger partial charge on any atom is 0.132 e. The van der Waals surface area contributed by atoms with Crippen LogP contribution < -0.4 is 4.74 Å². The van der Waals surface area contributed by atoms with Crippen LogP contribution in [0.2, 0.25) is 0 Å². The van der Waals surface area contributed by atoms with Gasteiger partial charge in [-0.3, -0.25) is 0 Å². The maximum absolute atomic E-state index is 6.78. The number of para-hydroxylation sites is 4. The van der Waals surface area contributed by atoms with Crippen molar-refractivity contribution in [1.82, 2.24) is 4.57 Å². The second-order valence-electron chi connectivity index (χ2n) is 12.4. The lowest BCUT2D eigenvalue weighted by Gasteiger charge is -2.45. The summed E-state index contributed by atoms with van der Waals surface area (Å²) in [6.45, 7) is 0. The van der Waals surface area contributed by atoms with Gasteiger partial charge in [-0.1, -0.05) is 115 Å². The number of hydrogen-bond acceptors (Lipinski definition) is 2. The van der Waals surface area contributed by atoms with Gasteiger partial charge < -0.3 is 9.30 Å². The minimum Gasteiger partial charge on any atom is -0.457 e. The predicted molar refractivity (Wildman–Crippen MR) is 191 cm³/mol. The molecule has 1 atom stereocenters. The number of rotatable bonds is 1. The van der Waals surface area contributed by atoms with Crippen LogP contribution in [-0.2, 0) is 5.41 Å². The maximum atomic E-state index is 6.78. The van der Waals surface area contributed by atoms with E-state index in [9.17, 15) is 0 Å². The van der Waals surface area contributed by atoms with E-state index in [1.807, 2.05) is 11.3 Å². The van der Waals surface area contributed by atoms with Gasteiger partial charge in [0.15, 0.2) is 0 Å². The summed E-state index contributed by atoms with van der Waals surface area (Å²) < 4.78 is 11.9. The highest BCUT2D eigenvalue weighted by molar-refractivity contribution is 7.26. The van der Waals surface area contributed by atoms with Gasteiger partial charge >= 0.3 is 0 Å². The molecule has 0 amide bonds. The topological polar surface area (TPSA) is 14.2 Å². The van der Waals surface area contributed by atoms with Crippen LogP contribution in [0, 0.1) is 0 Å². The molecule has 1 unspecified atom stereocenters. The Morgan fingerprint density at radius 1 is 0.500 bits per heavy atom. The van der Waals surface area contributed by atoms with Crippen LogP contribution in [0.3, 0.4) is 0 Å². The molecule has 0 saturated heterocycles. The minimum atomic E-state index is -0.575. The Morgan fingerprint density at radius 2 is 1.20 bits per heavy atom. The molecule has 0 bridgehead atoms. The Kier molecular flexibility index (Phi) is 4.69. The van der Waals surface area contributed by atoms with Crippen molar-refractivity contribution >= 4 is 53.3 Å². The van der Waals surface area contributed by atoms with E-state index in [0.717, 1.165) is 11.5 Å². The smallest absolute Gasteiger partial charge is 0.132 e. The van der Waals surface area contributed by atoms with Gasteiger partial charge in [0, 0.05) is 42.1 Å². The average Bonchev–Trinajstić information content (AvgIpc) is 3.67. The third-order valence-corrected chi connectivity index (χ3v) is 11.5. The fourth-order valence-corrected chi connectivity index (χ4v) is 9.70. The summed E-state index contributed by atoms with van der Waals surface area (Å²) >= 11 is 1.88. The molecule has 3 heteroatoms. The summed E-state index contributed by atoms with van der Waals surface area (Å²) in [6.07, 6.45) is 0. The first-order valence-corrected chi connectivity index (χ1v) is 16.6. The third kappa shape index (κ3) is 2.92. The highest BCUT2D eigenvalue weighted by Gasteiger charge is 2.50. The number of nitrogens with zero attached hydrogens (tertiary/aromatic N) is 1. The molecule has 0 N–H and O–H groups in total. The lowest BCUT2D eigenvalue weighted by molar-refractivity contribution is 0.434. The summed E-state index contributed by atoms with van der Waals surface area (Å²) in [5, 5.41) is 5.18. The minimum absolute atomic E-state index is 0.575. The van der Waals surface area contributed by atoms with Crippen molar-refractivity contribution in [2.75, 3.05) is 0 Å². The van der Waals surface area contributed by atoms with Gasteiger partial charge in [-0.25, -0.2) is 0 Å². The molecule has 4 heterocycles. The van der Waals surface area contributed by atoms with Crippen LogP contribution >= 0.6 is 11.3 Å². The Bertz CT molecular complexity index is 2750. The van der Waals surface area contributed by atoms with Gasteiger partial charge in [0.1, 0.15) is 11.5 Å². The third-order valence-electron chi connectivity index (χ3n) is 10.3. The zero-order valence-corrected chi connectivity index (χ0v) is 25.5. The molecule has 2 nitrogen and oxygen atoms in total. The molecule has 2 aromatic heterocycles. The Morgan fingerprint density at radius 3 is 2.15 bits per heavy atom. The Hall–Kier alpha value is -5.64. The van der Waals surface area contributed by atoms with Gasteiger partial charge in [0.2, 0.25) is 0 Å². The Labute approximate surface area is 269 Å². The van der Waals surface area contributed by atoms with E-state index < -0.39 is 5.41 Å². The van der Waals surface area contributed by atoms with E-state index in [0.29, 0.717) is 0 Å². The fourth-order valence-electron chi connectivity index (χ4n) is 8.47. The van der Waals surface area contributed by atoms with Gasteiger partial charge in [-0.15, -0.1) is 11.3 Å². The predicted octanol–water partition coefficient (Wildman–Crippen LogP) is 11.6. The van der Waals surface area contributed by atoms with E-state index in [1.165, 1.54) is 81.0 Å². The first-order chi connectivity index (χ1) is 22.8. The molecule has 2 aliphatic rings. The number of aromatic nitrogens is 1. The van der Waals surface area contributed by atoms with Crippen LogP contribution in [-0.4, -0.2) is 4.57 Å². The number of ether oxygens (including phenoxy) is 1. The number of thiophene rings is 1. The van der Waals surface area contributed by atoms with Crippen LogP contribution in [0.5, 0.6) is 11.5 Å². The van der Waals surface area contributed by atoms with Crippen LogP contribution in [0.15, 0.2) is 152 Å². The first-order valence-electron chi connectivity index (χ1n) is 15.8. The SMILES string of the molecule is c1ccc2c(c1)Oc1ccc(-c3cccc4c3sc3ccccc34)cc1C21c2ccccc2-n2c3ccccc3c3cccc1c32. The molecule has 11 rings (SSSR count). The van der Waals surface area contributed by atoms with E-state index >= 15 is 0 Å². The summed E-state index contributed by atoms with van der Waals surface area (Å²) in [5.74, 6) is 1.81. The highest BCUT2D eigenvalue weighted by Crippen LogP contribution is 2.60. The summed E-state index contributed by atoms with van der Waals surface area (Å²) in [5.41, 5.74) is 10.5. The molecule has 2 aliphatic heterocycles. The largest absolute Gasteiger partial charge is 0.457 e. The molecule has 0 aliphatic carbocycles. The van der Waals surface area contributed by atoms with Crippen molar-refractivity contribution in [3.05, 3.63) is 174 Å². The molecule has 9 aromatic rings. The van der Waals surface area contributed by atoms with Crippen molar-refractivity contribution in [3.8, 4) is 28.3 Å². The molecule has 7 aromatic carbocycles. The number of hydrogen-bond donors (Lipinski definition) is 0. The van der Waals surface area contributed by atoms with Crippen LogP contribution in [0.25, 0.3) is 58.8 Å². The lowest BCUT2D eigenvalue weighted by atomic mass is 9.61. The monoisotopic (exact) mass is 603 g/mol. The van der Waals surface area contributed by atoms with Crippen molar-refractivity contribution in [3.63, 3.8) is 0 Å².